The van der Waals surface area contributed by atoms with Crippen molar-refractivity contribution in [3.05, 3.63) is 95.1 Å². The van der Waals surface area contributed by atoms with Crippen LogP contribution in [0, 0.1) is 6.92 Å². The Labute approximate surface area is 175 Å². The molecule has 6 nitrogen and oxygen atoms in total. The summed E-state index contributed by atoms with van der Waals surface area (Å²) < 4.78 is 0. The van der Waals surface area contributed by atoms with E-state index in [1.165, 1.54) is 4.90 Å². The predicted molar refractivity (Wildman–Crippen MR) is 118 cm³/mol. The Hall–Kier alpha value is -3.93. The minimum absolute atomic E-state index is 0.114. The molecular weight excluding hydrogens is 378 g/mol. The van der Waals surface area contributed by atoms with E-state index >= 15 is 0 Å². The second-order valence-electron chi connectivity index (χ2n) is 7.10. The van der Waals surface area contributed by atoms with E-state index in [2.05, 4.69) is 10.6 Å². The highest BCUT2D eigenvalue weighted by Gasteiger charge is 2.15. The maximum absolute atomic E-state index is 12.8. The summed E-state index contributed by atoms with van der Waals surface area (Å²) in [5, 5.41) is 5.61. The molecule has 0 aromatic heterocycles. The van der Waals surface area contributed by atoms with Crippen LogP contribution in [-0.2, 0) is 0 Å². The number of nitrogens with zero attached hydrogens (tertiary/aromatic N) is 1. The van der Waals surface area contributed by atoms with Gasteiger partial charge in [-0.15, -0.1) is 0 Å². The molecule has 3 aromatic rings. The standard InChI is InChI=1S/C24H23N3O3/c1-16-7-6-8-18(15-16)22(28)26-21-10-5-4-9-20(21)23(29)25-19-13-11-17(12-14-19)24(30)27(2)3/h4-15H,1-3H3,(H,25,29)(H,26,28). The molecule has 0 fully saturated rings. The normalized spacial score (nSPS) is 10.2. The van der Waals surface area contributed by atoms with Crippen LogP contribution in [-0.4, -0.2) is 36.7 Å². The minimum atomic E-state index is -0.359. The summed E-state index contributed by atoms with van der Waals surface area (Å²) in [5.41, 5.74) is 3.34. The lowest BCUT2D eigenvalue weighted by Crippen LogP contribution is -2.21. The van der Waals surface area contributed by atoms with Gasteiger partial charge in [-0.05, 0) is 55.5 Å². The third kappa shape index (κ3) is 4.91. The van der Waals surface area contributed by atoms with Crippen LogP contribution in [0.3, 0.4) is 0 Å². The van der Waals surface area contributed by atoms with Gasteiger partial charge in [0.25, 0.3) is 17.7 Å². The van der Waals surface area contributed by atoms with Gasteiger partial charge in [-0.3, -0.25) is 14.4 Å². The number of anilines is 2. The Bertz CT molecular complexity index is 1090. The fraction of sp³-hybridized carbons (Fsp3) is 0.125. The van der Waals surface area contributed by atoms with Crippen LogP contribution >= 0.6 is 0 Å². The number of hydrogen-bond donors (Lipinski definition) is 2. The van der Waals surface area contributed by atoms with Crippen molar-refractivity contribution in [1.82, 2.24) is 4.90 Å². The van der Waals surface area contributed by atoms with Gasteiger partial charge in [0.05, 0.1) is 11.3 Å². The lowest BCUT2D eigenvalue weighted by atomic mass is 10.1. The third-order valence-corrected chi connectivity index (χ3v) is 4.50. The Morgan fingerprint density at radius 2 is 1.43 bits per heavy atom. The van der Waals surface area contributed by atoms with E-state index in [0.29, 0.717) is 28.1 Å². The van der Waals surface area contributed by atoms with Crippen molar-refractivity contribution in [2.75, 3.05) is 24.7 Å². The highest BCUT2D eigenvalue weighted by Crippen LogP contribution is 2.19. The van der Waals surface area contributed by atoms with E-state index < -0.39 is 0 Å². The third-order valence-electron chi connectivity index (χ3n) is 4.50. The Morgan fingerprint density at radius 1 is 0.733 bits per heavy atom. The summed E-state index contributed by atoms with van der Waals surface area (Å²) in [4.78, 5) is 38.8. The van der Waals surface area contributed by atoms with Crippen LogP contribution in [0.15, 0.2) is 72.8 Å². The highest BCUT2D eigenvalue weighted by atomic mass is 16.2. The number of aryl methyl sites for hydroxylation is 1. The van der Waals surface area contributed by atoms with Gasteiger partial charge in [0.2, 0.25) is 0 Å². The molecule has 2 N–H and O–H groups in total. The monoisotopic (exact) mass is 401 g/mol. The predicted octanol–water partition coefficient (Wildman–Crippen LogP) is 4.20. The summed E-state index contributed by atoms with van der Waals surface area (Å²) in [6.45, 7) is 1.91. The van der Waals surface area contributed by atoms with Gasteiger partial charge < -0.3 is 15.5 Å². The smallest absolute Gasteiger partial charge is 0.257 e. The second kappa shape index (κ2) is 9.05. The van der Waals surface area contributed by atoms with E-state index in [4.69, 9.17) is 0 Å². The van der Waals surface area contributed by atoms with Gasteiger partial charge in [0.15, 0.2) is 0 Å². The van der Waals surface area contributed by atoms with E-state index in [0.717, 1.165) is 5.56 Å². The van der Waals surface area contributed by atoms with Crippen molar-refractivity contribution in [2.24, 2.45) is 0 Å². The molecule has 3 amide bonds. The van der Waals surface area contributed by atoms with Crippen molar-refractivity contribution in [1.29, 1.82) is 0 Å². The zero-order chi connectivity index (χ0) is 21.7. The zero-order valence-electron chi connectivity index (χ0n) is 17.1. The van der Waals surface area contributed by atoms with Gasteiger partial charge >= 0.3 is 0 Å². The summed E-state index contributed by atoms with van der Waals surface area (Å²) in [7, 11) is 3.36. The van der Waals surface area contributed by atoms with Gasteiger partial charge in [-0.2, -0.15) is 0 Å². The molecule has 3 aromatic carbocycles. The average Bonchev–Trinajstić information content (AvgIpc) is 2.74. The van der Waals surface area contributed by atoms with E-state index in [1.807, 2.05) is 19.1 Å². The molecule has 30 heavy (non-hydrogen) atoms. The number of nitrogens with one attached hydrogen (secondary N) is 2. The molecule has 0 aliphatic rings. The largest absolute Gasteiger partial charge is 0.345 e. The summed E-state index contributed by atoms with van der Waals surface area (Å²) in [6.07, 6.45) is 0. The molecule has 0 spiro atoms. The van der Waals surface area contributed by atoms with Crippen molar-refractivity contribution < 1.29 is 14.4 Å². The molecule has 0 heterocycles. The SMILES string of the molecule is Cc1cccc(C(=O)Nc2ccccc2C(=O)Nc2ccc(C(=O)N(C)C)cc2)c1. The molecule has 0 aliphatic carbocycles. The molecule has 0 saturated heterocycles. The number of rotatable bonds is 5. The number of para-hydroxylation sites is 1. The van der Waals surface area contributed by atoms with E-state index in [9.17, 15) is 14.4 Å². The van der Waals surface area contributed by atoms with E-state index in [-0.39, 0.29) is 17.7 Å². The summed E-state index contributed by atoms with van der Waals surface area (Å²) >= 11 is 0. The Balaban J connectivity index is 1.76. The second-order valence-corrected chi connectivity index (χ2v) is 7.10. The van der Waals surface area contributed by atoms with Crippen LogP contribution in [0.1, 0.15) is 36.6 Å². The van der Waals surface area contributed by atoms with Crippen LogP contribution in [0.5, 0.6) is 0 Å². The molecule has 0 aliphatic heterocycles. The lowest BCUT2D eigenvalue weighted by Gasteiger charge is -2.13. The van der Waals surface area contributed by atoms with Crippen molar-refractivity contribution in [3.63, 3.8) is 0 Å². The number of hydrogen-bond acceptors (Lipinski definition) is 3. The molecule has 0 unspecified atom stereocenters. The lowest BCUT2D eigenvalue weighted by molar-refractivity contribution is 0.0827. The number of carbonyl (C=O) groups is 3. The molecule has 6 heteroatoms. The number of amides is 3. The van der Waals surface area contributed by atoms with Gasteiger partial charge in [0, 0.05) is 30.9 Å². The number of benzene rings is 3. The maximum atomic E-state index is 12.8. The number of carbonyl (C=O) groups excluding carboxylic acids is 3. The summed E-state index contributed by atoms with van der Waals surface area (Å²) in [6, 6.07) is 20.7. The Kier molecular flexibility index (Phi) is 6.27. The quantitative estimate of drug-likeness (QED) is 0.672. The molecule has 0 bridgehead atoms. The highest BCUT2D eigenvalue weighted by molar-refractivity contribution is 6.12. The van der Waals surface area contributed by atoms with Gasteiger partial charge in [-0.25, -0.2) is 0 Å². The van der Waals surface area contributed by atoms with Crippen LogP contribution in [0.4, 0.5) is 11.4 Å². The topological polar surface area (TPSA) is 78.5 Å². The van der Waals surface area contributed by atoms with Crippen LogP contribution < -0.4 is 10.6 Å². The molecule has 0 atom stereocenters. The first-order valence-corrected chi connectivity index (χ1v) is 9.45. The van der Waals surface area contributed by atoms with Gasteiger partial charge in [-0.1, -0.05) is 29.8 Å². The molecule has 0 radical (unpaired) electrons. The van der Waals surface area contributed by atoms with E-state index in [1.54, 1.807) is 74.8 Å². The molecule has 0 saturated carbocycles. The van der Waals surface area contributed by atoms with Crippen LogP contribution in [0.25, 0.3) is 0 Å². The fourth-order valence-corrected chi connectivity index (χ4v) is 2.92. The maximum Gasteiger partial charge on any atom is 0.257 e. The molecular formula is C24H23N3O3. The first kappa shape index (κ1) is 20.8. The van der Waals surface area contributed by atoms with Crippen molar-refractivity contribution in [2.45, 2.75) is 6.92 Å². The van der Waals surface area contributed by atoms with Crippen molar-refractivity contribution >= 4 is 29.1 Å². The minimum Gasteiger partial charge on any atom is -0.345 e. The average molecular weight is 401 g/mol. The zero-order valence-corrected chi connectivity index (χ0v) is 17.1. The summed E-state index contributed by atoms with van der Waals surface area (Å²) in [5.74, 6) is -0.760. The van der Waals surface area contributed by atoms with Gasteiger partial charge in [0.1, 0.15) is 0 Å². The fourth-order valence-electron chi connectivity index (χ4n) is 2.92. The van der Waals surface area contributed by atoms with Crippen LogP contribution in [0.2, 0.25) is 0 Å². The first-order valence-electron chi connectivity index (χ1n) is 9.45. The first-order chi connectivity index (χ1) is 14.3. The Morgan fingerprint density at radius 3 is 2.10 bits per heavy atom. The van der Waals surface area contributed by atoms with Crippen molar-refractivity contribution in [3.8, 4) is 0 Å². The molecule has 3 rings (SSSR count). The molecule has 152 valence electrons.